The Morgan fingerprint density at radius 1 is 1.15 bits per heavy atom. The van der Waals surface area contributed by atoms with Gasteiger partial charge in [-0.2, -0.15) is 0 Å². The topological polar surface area (TPSA) is 35.5 Å². The van der Waals surface area contributed by atoms with E-state index < -0.39 is 0 Å². The Morgan fingerprint density at radius 3 is 2.15 bits per heavy atom. The van der Waals surface area contributed by atoms with Crippen molar-refractivity contribution in [2.45, 2.75) is 78.8 Å². The monoisotopic (exact) mass is 286 g/mol. The van der Waals surface area contributed by atoms with Crippen molar-refractivity contribution in [2.75, 3.05) is 26.2 Å². The van der Waals surface area contributed by atoms with Crippen molar-refractivity contribution in [3.63, 3.8) is 0 Å². The molecule has 0 radical (unpaired) electrons. The number of hydrogen-bond donors (Lipinski definition) is 2. The number of rotatable bonds is 12. The first-order valence-electron chi connectivity index (χ1n) is 8.52. The third-order valence-electron chi connectivity index (χ3n) is 4.16. The average molecular weight is 287 g/mol. The molecule has 0 amide bonds. The summed E-state index contributed by atoms with van der Waals surface area (Å²) < 4.78 is 0. The van der Waals surface area contributed by atoms with Gasteiger partial charge in [-0.25, -0.2) is 0 Å². The van der Waals surface area contributed by atoms with Gasteiger partial charge in [0.05, 0.1) is 6.61 Å². The average Bonchev–Trinajstić information content (AvgIpc) is 2.43. The van der Waals surface area contributed by atoms with E-state index in [1.165, 1.54) is 12.8 Å². The minimum absolute atomic E-state index is 0.142. The van der Waals surface area contributed by atoms with Gasteiger partial charge in [0.2, 0.25) is 0 Å². The van der Waals surface area contributed by atoms with Gasteiger partial charge >= 0.3 is 0 Å². The van der Waals surface area contributed by atoms with Crippen LogP contribution in [-0.2, 0) is 0 Å². The van der Waals surface area contributed by atoms with Crippen LogP contribution in [-0.4, -0.2) is 47.8 Å². The van der Waals surface area contributed by atoms with Crippen molar-refractivity contribution in [2.24, 2.45) is 5.92 Å². The molecule has 0 rings (SSSR count). The maximum atomic E-state index is 9.68. The molecule has 3 heteroatoms. The van der Waals surface area contributed by atoms with Gasteiger partial charge in [-0.1, -0.05) is 34.6 Å². The Kier molecular flexibility index (Phi) is 10.5. The van der Waals surface area contributed by atoms with Gasteiger partial charge < -0.3 is 15.3 Å². The molecule has 0 fully saturated rings. The molecular formula is C17H38N2O. The lowest BCUT2D eigenvalue weighted by Crippen LogP contribution is -2.49. The van der Waals surface area contributed by atoms with Crippen LogP contribution in [0.3, 0.4) is 0 Å². The first-order valence-corrected chi connectivity index (χ1v) is 8.52. The maximum absolute atomic E-state index is 9.68. The summed E-state index contributed by atoms with van der Waals surface area (Å²) in [5.74, 6) is 0.694. The molecular weight excluding hydrogens is 248 g/mol. The van der Waals surface area contributed by atoms with Crippen molar-refractivity contribution in [3.05, 3.63) is 0 Å². The molecule has 0 saturated heterocycles. The molecule has 0 heterocycles. The first-order chi connectivity index (χ1) is 9.42. The standard InChI is InChI=1S/C17H38N2O/c1-7-11-18-17(6,14-20)10-12-19(13-15(4)5)16(8-2)9-3/h15-16,18,20H,7-14H2,1-6H3. The second-order valence-electron chi connectivity index (χ2n) is 6.75. The molecule has 0 aromatic rings. The summed E-state index contributed by atoms with van der Waals surface area (Å²) in [6.07, 6.45) is 4.54. The number of aliphatic hydroxyl groups is 1. The highest BCUT2D eigenvalue weighted by atomic mass is 16.3. The molecule has 0 bridgehead atoms. The van der Waals surface area contributed by atoms with E-state index in [9.17, 15) is 5.11 Å². The third kappa shape index (κ3) is 7.61. The number of hydrogen-bond acceptors (Lipinski definition) is 3. The van der Waals surface area contributed by atoms with Gasteiger partial charge in [-0.3, -0.25) is 0 Å². The molecule has 2 N–H and O–H groups in total. The predicted molar refractivity (Wildman–Crippen MR) is 89.2 cm³/mol. The zero-order valence-corrected chi connectivity index (χ0v) is 14.7. The third-order valence-corrected chi connectivity index (χ3v) is 4.16. The molecule has 0 aromatic carbocycles. The highest BCUT2D eigenvalue weighted by Crippen LogP contribution is 2.16. The largest absolute Gasteiger partial charge is 0.394 e. The molecule has 122 valence electrons. The van der Waals surface area contributed by atoms with Crippen molar-refractivity contribution in [3.8, 4) is 0 Å². The SMILES string of the molecule is CCCNC(C)(CO)CCN(CC(C)C)C(CC)CC. The first kappa shape index (κ1) is 19.9. The van der Waals surface area contributed by atoms with Crippen LogP contribution in [0.4, 0.5) is 0 Å². The fraction of sp³-hybridized carbons (Fsp3) is 1.00. The molecule has 1 atom stereocenters. The lowest BCUT2D eigenvalue weighted by Gasteiger charge is -2.36. The van der Waals surface area contributed by atoms with Crippen LogP contribution in [0.1, 0.15) is 67.2 Å². The zero-order chi connectivity index (χ0) is 15.6. The molecule has 0 saturated carbocycles. The summed E-state index contributed by atoms with van der Waals surface area (Å²) in [5.41, 5.74) is -0.142. The number of nitrogens with one attached hydrogen (secondary N) is 1. The fourth-order valence-corrected chi connectivity index (χ4v) is 2.74. The second-order valence-corrected chi connectivity index (χ2v) is 6.75. The van der Waals surface area contributed by atoms with Crippen molar-refractivity contribution >= 4 is 0 Å². The normalized spacial score (nSPS) is 15.3. The number of aliphatic hydroxyl groups excluding tert-OH is 1. The maximum Gasteiger partial charge on any atom is 0.0611 e. The molecule has 0 spiro atoms. The Labute approximate surface area is 127 Å². The van der Waals surface area contributed by atoms with Gasteiger partial charge in [0.25, 0.3) is 0 Å². The summed E-state index contributed by atoms with van der Waals surface area (Å²) in [6, 6.07) is 0.673. The van der Waals surface area contributed by atoms with Crippen LogP contribution in [0.2, 0.25) is 0 Å². The number of nitrogens with zero attached hydrogens (tertiary/aromatic N) is 1. The van der Waals surface area contributed by atoms with Gasteiger partial charge in [0.15, 0.2) is 0 Å². The molecule has 3 nitrogen and oxygen atoms in total. The van der Waals surface area contributed by atoms with E-state index in [2.05, 4.69) is 51.8 Å². The van der Waals surface area contributed by atoms with E-state index in [1.807, 2.05) is 0 Å². The van der Waals surface area contributed by atoms with Crippen LogP contribution >= 0.6 is 0 Å². The lowest BCUT2D eigenvalue weighted by atomic mass is 9.97. The van der Waals surface area contributed by atoms with E-state index >= 15 is 0 Å². The van der Waals surface area contributed by atoms with Gasteiger partial charge in [-0.15, -0.1) is 0 Å². The van der Waals surface area contributed by atoms with Crippen LogP contribution in [0.25, 0.3) is 0 Å². The summed E-state index contributed by atoms with van der Waals surface area (Å²) in [4.78, 5) is 2.62. The molecule has 20 heavy (non-hydrogen) atoms. The predicted octanol–water partition coefficient (Wildman–Crippen LogP) is 3.27. The highest BCUT2D eigenvalue weighted by Gasteiger charge is 2.25. The van der Waals surface area contributed by atoms with Crippen LogP contribution in [0.15, 0.2) is 0 Å². The second kappa shape index (κ2) is 10.6. The van der Waals surface area contributed by atoms with Crippen molar-refractivity contribution in [1.82, 2.24) is 10.2 Å². The fourth-order valence-electron chi connectivity index (χ4n) is 2.74. The molecule has 0 aromatic heterocycles. The van der Waals surface area contributed by atoms with E-state index in [4.69, 9.17) is 0 Å². The quantitative estimate of drug-likeness (QED) is 0.578. The summed E-state index contributed by atoms with van der Waals surface area (Å²) in [6.45, 7) is 16.9. The van der Waals surface area contributed by atoms with Crippen molar-refractivity contribution < 1.29 is 5.11 Å². The zero-order valence-electron chi connectivity index (χ0n) is 14.7. The van der Waals surface area contributed by atoms with Gasteiger partial charge in [0.1, 0.15) is 0 Å². The van der Waals surface area contributed by atoms with E-state index in [-0.39, 0.29) is 12.1 Å². The smallest absolute Gasteiger partial charge is 0.0611 e. The molecule has 0 aliphatic rings. The minimum Gasteiger partial charge on any atom is -0.394 e. The van der Waals surface area contributed by atoms with E-state index in [1.54, 1.807) is 0 Å². The Balaban J connectivity index is 4.55. The van der Waals surface area contributed by atoms with E-state index in [0.29, 0.717) is 12.0 Å². The van der Waals surface area contributed by atoms with Crippen LogP contribution in [0, 0.1) is 5.92 Å². The molecule has 0 aliphatic carbocycles. The van der Waals surface area contributed by atoms with E-state index in [0.717, 1.165) is 32.5 Å². The lowest BCUT2D eigenvalue weighted by molar-refractivity contribution is 0.116. The van der Waals surface area contributed by atoms with Crippen LogP contribution < -0.4 is 5.32 Å². The van der Waals surface area contributed by atoms with Crippen LogP contribution in [0.5, 0.6) is 0 Å². The molecule has 1 unspecified atom stereocenters. The van der Waals surface area contributed by atoms with Crippen molar-refractivity contribution in [1.29, 1.82) is 0 Å². The van der Waals surface area contributed by atoms with Gasteiger partial charge in [0, 0.05) is 24.7 Å². The molecule has 0 aliphatic heterocycles. The summed E-state index contributed by atoms with van der Waals surface area (Å²) in [5, 5.41) is 13.2. The summed E-state index contributed by atoms with van der Waals surface area (Å²) >= 11 is 0. The summed E-state index contributed by atoms with van der Waals surface area (Å²) in [7, 11) is 0. The Hall–Kier alpha value is -0.120. The highest BCUT2D eigenvalue weighted by molar-refractivity contribution is 4.84. The Morgan fingerprint density at radius 2 is 1.75 bits per heavy atom. The van der Waals surface area contributed by atoms with Gasteiger partial charge in [-0.05, 0) is 45.1 Å². The Bertz CT molecular complexity index is 229. The minimum atomic E-state index is -0.142.